The van der Waals surface area contributed by atoms with Crippen LogP contribution >= 0.6 is 23.5 Å². The quantitative estimate of drug-likeness (QED) is 0.492. The second-order valence-corrected chi connectivity index (χ2v) is 4.56. The Morgan fingerprint density at radius 3 is 1.06 bits per heavy atom. The summed E-state index contributed by atoms with van der Waals surface area (Å²) in [6.45, 7) is 0. The van der Waals surface area contributed by atoms with Crippen LogP contribution in [0.3, 0.4) is 0 Å². The zero-order valence-corrected chi connectivity index (χ0v) is 10.9. The highest BCUT2D eigenvalue weighted by Gasteiger charge is 1.92. The molecule has 0 aliphatic rings. The molecule has 0 fully saturated rings. The van der Waals surface area contributed by atoms with Crippen LogP contribution in [0.4, 0.5) is 0 Å². The van der Waals surface area contributed by atoms with Gasteiger partial charge in [-0.3, -0.25) is 0 Å². The summed E-state index contributed by atoms with van der Waals surface area (Å²) in [5, 5.41) is 0. The molecule has 0 N–H and O–H groups in total. The van der Waals surface area contributed by atoms with Crippen molar-refractivity contribution in [2.45, 2.75) is 0 Å². The maximum Gasteiger partial charge on any atom is 0.104 e. The highest BCUT2D eigenvalue weighted by molar-refractivity contribution is 7.00. The summed E-state index contributed by atoms with van der Waals surface area (Å²) in [6, 6.07) is 15.7. The molecule has 4 nitrogen and oxygen atoms in total. The van der Waals surface area contributed by atoms with Crippen LogP contribution in [0, 0.1) is 0 Å². The van der Waals surface area contributed by atoms with E-state index in [9.17, 15) is 0 Å². The van der Waals surface area contributed by atoms with Crippen LogP contribution in [0.25, 0.3) is 22.1 Å². The van der Waals surface area contributed by atoms with Crippen LogP contribution in [0.15, 0.2) is 48.5 Å². The first-order valence-electron chi connectivity index (χ1n) is 5.28. The van der Waals surface area contributed by atoms with Gasteiger partial charge in [0.05, 0.1) is 23.5 Å². The van der Waals surface area contributed by atoms with Gasteiger partial charge in [-0.15, -0.1) is 0 Å². The molecule has 0 aliphatic carbocycles. The second kappa shape index (κ2) is 5.16. The normalized spacial score (nSPS) is 10.2. The molecule has 4 rings (SSSR count). The van der Waals surface area contributed by atoms with Gasteiger partial charge in [0, 0.05) is 0 Å². The van der Waals surface area contributed by atoms with Crippen LogP contribution in [-0.4, -0.2) is 17.5 Å². The third-order valence-corrected chi connectivity index (χ3v) is 3.43. The summed E-state index contributed by atoms with van der Waals surface area (Å²) < 4.78 is 16.2. The fraction of sp³-hybridized carbons (Fsp3) is 0. The lowest BCUT2D eigenvalue weighted by Crippen LogP contribution is -1.63. The monoisotopic (exact) mass is 272 g/mol. The van der Waals surface area contributed by atoms with Crippen molar-refractivity contribution in [3.05, 3.63) is 48.5 Å². The zero-order chi connectivity index (χ0) is 12.2. The Morgan fingerprint density at radius 2 is 0.778 bits per heavy atom. The summed E-state index contributed by atoms with van der Waals surface area (Å²) in [5.41, 5.74) is 3.95. The lowest BCUT2D eigenvalue weighted by atomic mass is 10.3. The predicted octanol–water partition coefficient (Wildman–Crippen LogP) is 3.38. The Morgan fingerprint density at radius 1 is 0.500 bits per heavy atom. The summed E-state index contributed by atoms with van der Waals surface area (Å²) in [6.07, 6.45) is 0. The van der Waals surface area contributed by atoms with Crippen LogP contribution < -0.4 is 0 Å². The number of hydrogen-bond donors (Lipinski definition) is 0. The van der Waals surface area contributed by atoms with Crippen molar-refractivity contribution < 1.29 is 0 Å². The first-order chi connectivity index (χ1) is 8.93. The Bertz CT molecular complexity index is 636. The van der Waals surface area contributed by atoms with Gasteiger partial charge in [0.25, 0.3) is 0 Å². The Hall–Kier alpha value is -1.92. The maximum atomic E-state index is 4.05. The average molecular weight is 272 g/mol. The van der Waals surface area contributed by atoms with Crippen LogP contribution in [0.2, 0.25) is 0 Å². The third kappa shape index (κ3) is 2.34. The molecule has 88 valence electrons. The van der Waals surface area contributed by atoms with Gasteiger partial charge in [-0.05, 0) is 24.3 Å². The van der Waals surface area contributed by atoms with E-state index in [1.54, 1.807) is 0 Å². The van der Waals surface area contributed by atoms with E-state index in [0.29, 0.717) is 0 Å². The highest BCUT2D eigenvalue weighted by Crippen LogP contribution is 2.09. The standard InChI is InChI=1S/2C6H4N2S/c2*1-2-4-6-5(3-1)7-9-8-6/h2*1-4H. The van der Waals surface area contributed by atoms with Crippen molar-refractivity contribution >= 4 is 45.5 Å². The molecule has 0 unspecified atom stereocenters. The molecule has 0 radical (unpaired) electrons. The molecular weight excluding hydrogens is 264 g/mol. The van der Waals surface area contributed by atoms with E-state index in [4.69, 9.17) is 0 Å². The molecule has 6 heteroatoms. The molecule has 2 heterocycles. The van der Waals surface area contributed by atoms with E-state index < -0.39 is 0 Å². The third-order valence-electron chi connectivity index (χ3n) is 2.32. The van der Waals surface area contributed by atoms with Crippen LogP contribution in [-0.2, 0) is 0 Å². The van der Waals surface area contributed by atoms with Crippen LogP contribution in [0.1, 0.15) is 0 Å². The number of hydrogen-bond acceptors (Lipinski definition) is 6. The van der Waals surface area contributed by atoms with Crippen molar-refractivity contribution in [3.8, 4) is 0 Å². The summed E-state index contributed by atoms with van der Waals surface area (Å²) >= 11 is 2.51. The zero-order valence-electron chi connectivity index (χ0n) is 9.22. The highest BCUT2D eigenvalue weighted by atomic mass is 32.1. The number of benzene rings is 2. The van der Waals surface area contributed by atoms with Gasteiger partial charge in [-0.1, -0.05) is 24.3 Å². The van der Waals surface area contributed by atoms with Gasteiger partial charge in [-0.2, -0.15) is 17.5 Å². The first-order valence-corrected chi connectivity index (χ1v) is 6.74. The SMILES string of the molecule is c1ccc2nsnc2c1.c1ccc2nsnc2c1. The van der Waals surface area contributed by atoms with Gasteiger partial charge < -0.3 is 0 Å². The molecule has 0 bridgehead atoms. The van der Waals surface area contributed by atoms with Crippen molar-refractivity contribution in [2.75, 3.05) is 0 Å². The number of fused-ring (bicyclic) bond motifs is 2. The minimum atomic E-state index is 0.988. The van der Waals surface area contributed by atoms with Crippen molar-refractivity contribution in [2.24, 2.45) is 0 Å². The predicted molar refractivity (Wildman–Crippen MR) is 74.8 cm³/mol. The molecule has 0 amide bonds. The van der Waals surface area contributed by atoms with Gasteiger partial charge in [-0.25, -0.2) is 0 Å². The van der Waals surface area contributed by atoms with E-state index in [2.05, 4.69) is 17.5 Å². The van der Waals surface area contributed by atoms with Gasteiger partial charge in [0.1, 0.15) is 22.1 Å². The van der Waals surface area contributed by atoms with Gasteiger partial charge >= 0.3 is 0 Å². The number of nitrogens with zero attached hydrogens (tertiary/aromatic N) is 4. The molecular formula is C12H8N4S2. The minimum Gasteiger partial charge on any atom is -0.173 e. The van der Waals surface area contributed by atoms with Crippen molar-refractivity contribution in [1.82, 2.24) is 17.5 Å². The van der Waals surface area contributed by atoms with Gasteiger partial charge in [0.15, 0.2) is 0 Å². The fourth-order valence-corrected chi connectivity index (χ4v) is 2.50. The lowest BCUT2D eigenvalue weighted by molar-refractivity contribution is 1.64. The summed E-state index contributed by atoms with van der Waals surface area (Å²) in [4.78, 5) is 0. The summed E-state index contributed by atoms with van der Waals surface area (Å²) in [7, 11) is 0. The molecule has 2 aromatic heterocycles. The number of rotatable bonds is 0. The van der Waals surface area contributed by atoms with E-state index in [0.717, 1.165) is 22.1 Å². The maximum absolute atomic E-state index is 4.05. The fourth-order valence-electron chi connectivity index (χ4n) is 1.45. The molecule has 18 heavy (non-hydrogen) atoms. The molecule has 0 saturated carbocycles. The summed E-state index contributed by atoms with van der Waals surface area (Å²) in [5.74, 6) is 0. The smallest absolute Gasteiger partial charge is 0.104 e. The molecule has 0 spiro atoms. The van der Waals surface area contributed by atoms with E-state index in [1.807, 2.05) is 48.5 Å². The van der Waals surface area contributed by atoms with Crippen molar-refractivity contribution in [3.63, 3.8) is 0 Å². The lowest BCUT2D eigenvalue weighted by Gasteiger charge is -1.78. The Kier molecular flexibility index (Phi) is 3.20. The van der Waals surface area contributed by atoms with Crippen molar-refractivity contribution in [1.29, 1.82) is 0 Å². The number of aromatic nitrogens is 4. The van der Waals surface area contributed by atoms with Crippen LogP contribution in [0.5, 0.6) is 0 Å². The van der Waals surface area contributed by atoms with E-state index in [1.165, 1.54) is 23.5 Å². The average Bonchev–Trinajstić information content (AvgIpc) is 3.08. The molecule has 0 saturated heterocycles. The Balaban J connectivity index is 0.000000111. The van der Waals surface area contributed by atoms with E-state index >= 15 is 0 Å². The first kappa shape index (κ1) is 11.2. The Labute approximate surface area is 112 Å². The minimum absolute atomic E-state index is 0.988. The molecule has 0 atom stereocenters. The molecule has 0 aliphatic heterocycles. The van der Waals surface area contributed by atoms with Gasteiger partial charge in [0.2, 0.25) is 0 Å². The second-order valence-electron chi connectivity index (χ2n) is 3.51. The van der Waals surface area contributed by atoms with E-state index in [-0.39, 0.29) is 0 Å². The topological polar surface area (TPSA) is 51.6 Å². The molecule has 4 aromatic rings. The largest absolute Gasteiger partial charge is 0.173 e. The molecule has 2 aromatic carbocycles.